The summed E-state index contributed by atoms with van der Waals surface area (Å²) in [6.45, 7) is 1.66. The highest BCUT2D eigenvalue weighted by atomic mass is 16.3. The van der Waals surface area contributed by atoms with Crippen LogP contribution in [0.5, 0.6) is 0 Å². The van der Waals surface area contributed by atoms with Gasteiger partial charge in [0, 0.05) is 11.6 Å². The first-order chi connectivity index (χ1) is 11.6. The second-order valence-corrected chi connectivity index (χ2v) is 5.39. The largest absolute Gasteiger partial charge is 0.467 e. The van der Waals surface area contributed by atoms with Gasteiger partial charge in [0.15, 0.2) is 0 Å². The second-order valence-electron chi connectivity index (χ2n) is 5.39. The Morgan fingerprint density at radius 3 is 2.67 bits per heavy atom. The number of furan rings is 1. The lowest BCUT2D eigenvalue weighted by molar-refractivity contribution is -0.122. The van der Waals surface area contributed by atoms with Crippen molar-refractivity contribution < 1.29 is 9.21 Å². The second kappa shape index (κ2) is 6.95. The van der Waals surface area contributed by atoms with Gasteiger partial charge >= 0.3 is 0 Å². The molecule has 24 heavy (non-hydrogen) atoms. The van der Waals surface area contributed by atoms with Crippen LogP contribution in [0.4, 0.5) is 0 Å². The Bertz CT molecular complexity index is 870. The SMILES string of the molecule is CC(NC(=O)Cn1nc(-c2ccccc2)ccc1=O)c1ccco1. The Balaban J connectivity index is 1.75. The minimum atomic E-state index is -0.324. The molecule has 0 spiro atoms. The smallest absolute Gasteiger partial charge is 0.267 e. The first-order valence-electron chi connectivity index (χ1n) is 7.60. The molecule has 0 aliphatic heterocycles. The molecule has 3 rings (SSSR count). The Morgan fingerprint density at radius 2 is 1.96 bits per heavy atom. The average Bonchev–Trinajstić information content (AvgIpc) is 3.12. The minimum absolute atomic E-state index is 0.148. The molecule has 0 aliphatic rings. The molecule has 0 bridgehead atoms. The summed E-state index contributed by atoms with van der Waals surface area (Å²) in [6.07, 6.45) is 1.55. The first kappa shape index (κ1) is 15.7. The lowest BCUT2D eigenvalue weighted by Crippen LogP contribution is -2.34. The predicted molar refractivity (Wildman–Crippen MR) is 89.2 cm³/mol. The Labute approximate surface area is 138 Å². The van der Waals surface area contributed by atoms with Gasteiger partial charge in [0.25, 0.3) is 5.56 Å². The molecule has 1 atom stereocenters. The predicted octanol–water partition coefficient (Wildman–Crippen LogP) is 2.38. The molecule has 6 heteroatoms. The lowest BCUT2D eigenvalue weighted by Gasteiger charge is -2.12. The fourth-order valence-corrected chi connectivity index (χ4v) is 2.36. The lowest BCUT2D eigenvalue weighted by atomic mass is 10.1. The van der Waals surface area contributed by atoms with Crippen molar-refractivity contribution in [1.82, 2.24) is 15.1 Å². The molecule has 122 valence electrons. The Morgan fingerprint density at radius 1 is 1.17 bits per heavy atom. The van der Waals surface area contributed by atoms with Crippen molar-refractivity contribution in [3.8, 4) is 11.3 Å². The quantitative estimate of drug-likeness (QED) is 0.782. The van der Waals surface area contributed by atoms with Gasteiger partial charge in [0.05, 0.1) is 18.0 Å². The Kier molecular flexibility index (Phi) is 4.56. The van der Waals surface area contributed by atoms with Crippen molar-refractivity contribution in [3.63, 3.8) is 0 Å². The summed E-state index contributed by atoms with van der Waals surface area (Å²) < 4.78 is 6.41. The third-order valence-electron chi connectivity index (χ3n) is 3.58. The van der Waals surface area contributed by atoms with Crippen molar-refractivity contribution in [2.45, 2.75) is 19.5 Å². The van der Waals surface area contributed by atoms with Crippen LogP contribution in [0.15, 0.2) is 70.1 Å². The monoisotopic (exact) mass is 323 g/mol. The number of hydrogen-bond acceptors (Lipinski definition) is 4. The van der Waals surface area contributed by atoms with Gasteiger partial charge in [-0.3, -0.25) is 9.59 Å². The van der Waals surface area contributed by atoms with E-state index in [1.807, 2.05) is 37.3 Å². The minimum Gasteiger partial charge on any atom is -0.467 e. The van der Waals surface area contributed by atoms with Crippen LogP contribution < -0.4 is 10.9 Å². The maximum atomic E-state index is 12.2. The van der Waals surface area contributed by atoms with Gasteiger partial charge in [0.1, 0.15) is 12.3 Å². The Hall–Kier alpha value is -3.15. The molecule has 1 aromatic carbocycles. The van der Waals surface area contributed by atoms with E-state index in [1.165, 1.54) is 6.07 Å². The summed E-state index contributed by atoms with van der Waals surface area (Å²) in [4.78, 5) is 24.1. The topological polar surface area (TPSA) is 77.1 Å². The number of nitrogens with one attached hydrogen (secondary N) is 1. The normalized spacial score (nSPS) is 11.9. The molecular weight excluding hydrogens is 306 g/mol. The van der Waals surface area contributed by atoms with Crippen molar-refractivity contribution in [2.24, 2.45) is 0 Å². The van der Waals surface area contributed by atoms with Crippen LogP contribution in [0.1, 0.15) is 18.7 Å². The van der Waals surface area contributed by atoms with E-state index < -0.39 is 0 Å². The molecule has 1 N–H and O–H groups in total. The number of benzene rings is 1. The van der Waals surface area contributed by atoms with Gasteiger partial charge in [-0.15, -0.1) is 0 Å². The molecule has 0 radical (unpaired) electrons. The van der Waals surface area contributed by atoms with Gasteiger partial charge in [-0.1, -0.05) is 30.3 Å². The third-order valence-corrected chi connectivity index (χ3v) is 3.58. The van der Waals surface area contributed by atoms with Gasteiger partial charge in [0.2, 0.25) is 5.91 Å². The molecule has 1 unspecified atom stereocenters. The van der Waals surface area contributed by atoms with Crippen LogP contribution in [-0.2, 0) is 11.3 Å². The van der Waals surface area contributed by atoms with E-state index in [2.05, 4.69) is 10.4 Å². The number of carbonyl (C=O) groups excluding carboxylic acids is 1. The van der Waals surface area contributed by atoms with Crippen LogP contribution in [0.2, 0.25) is 0 Å². The van der Waals surface area contributed by atoms with Crippen LogP contribution in [-0.4, -0.2) is 15.7 Å². The van der Waals surface area contributed by atoms with Crippen LogP contribution >= 0.6 is 0 Å². The number of rotatable bonds is 5. The van der Waals surface area contributed by atoms with Crippen LogP contribution in [0.3, 0.4) is 0 Å². The highest BCUT2D eigenvalue weighted by molar-refractivity contribution is 5.76. The van der Waals surface area contributed by atoms with E-state index in [-0.39, 0.29) is 24.1 Å². The van der Waals surface area contributed by atoms with E-state index in [9.17, 15) is 9.59 Å². The molecule has 1 amide bonds. The van der Waals surface area contributed by atoms with Gasteiger partial charge in [-0.25, -0.2) is 4.68 Å². The molecule has 6 nitrogen and oxygen atoms in total. The zero-order valence-electron chi connectivity index (χ0n) is 13.2. The molecular formula is C18H17N3O3. The summed E-state index contributed by atoms with van der Waals surface area (Å²) >= 11 is 0. The highest BCUT2D eigenvalue weighted by Crippen LogP contribution is 2.14. The number of aromatic nitrogens is 2. The molecule has 0 saturated carbocycles. The number of amides is 1. The van der Waals surface area contributed by atoms with Crippen molar-refractivity contribution in [2.75, 3.05) is 0 Å². The van der Waals surface area contributed by atoms with Gasteiger partial charge in [-0.2, -0.15) is 5.10 Å². The number of hydrogen-bond donors (Lipinski definition) is 1. The van der Waals surface area contributed by atoms with E-state index in [0.29, 0.717) is 11.5 Å². The van der Waals surface area contributed by atoms with Crippen molar-refractivity contribution in [3.05, 3.63) is 77.0 Å². The zero-order chi connectivity index (χ0) is 16.9. The summed E-state index contributed by atoms with van der Waals surface area (Å²) in [6, 6.07) is 15.8. The first-order valence-corrected chi connectivity index (χ1v) is 7.60. The van der Waals surface area contributed by atoms with E-state index in [0.717, 1.165) is 10.2 Å². The fraction of sp³-hybridized carbons (Fsp3) is 0.167. The summed E-state index contributed by atoms with van der Waals surface area (Å²) in [5.41, 5.74) is 1.20. The maximum Gasteiger partial charge on any atom is 0.267 e. The molecule has 0 saturated heterocycles. The molecule has 2 heterocycles. The zero-order valence-corrected chi connectivity index (χ0v) is 13.2. The number of nitrogens with zero attached hydrogens (tertiary/aromatic N) is 2. The van der Waals surface area contributed by atoms with Crippen molar-refractivity contribution >= 4 is 5.91 Å². The van der Waals surface area contributed by atoms with E-state index >= 15 is 0 Å². The van der Waals surface area contributed by atoms with Crippen LogP contribution in [0, 0.1) is 0 Å². The molecule has 3 aromatic rings. The molecule has 0 fully saturated rings. The average molecular weight is 323 g/mol. The molecule has 0 aliphatic carbocycles. The summed E-state index contributed by atoms with van der Waals surface area (Å²) in [7, 11) is 0. The summed E-state index contributed by atoms with van der Waals surface area (Å²) in [5, 5.41) is 7.06. The standard InChI is InChI=1S/C18H17N3O3/c1-13(16-8-5-11-24-16)19-17(22)12-21-18(23)10-9-15(20-21)14-6-3-2-4-7-14/h2-11,13H,12H2,1H3,(H,19,22). The van der Waals surface area contributed by atoms with Gasteiger partial charge in [-0.05, 0) is 25.1 Å². The maximum absolute atomic E-state index is 12.2. The molecule has 2 aromatic heterocycles. The fourth-order valence-electron chi connectivity index (χ4n) is 2.36. The number of carbonyl (C=O) groups is 1. The van der Waals surface area contributed by atoms with E-state index in [4.69, 9.17) is 4.42 Å². The van der Waals surface area contributed by atoms with Crippen molar-refractivity contribution in [1.29, 1.82) is 0 Å². The summed E-state index contributed by atoms with van der Waals surface area (Å²) in [5.74, 6) is 0.348. The van der Waals surface area contributed by atoms with Crippen LogP contribution in [0.25, 0.3) is 11.3 Å². The highest BCUT2D eigenvalue weighted by Gasteiger charge is 2.13. The van der Waals surface area contributed by atoms with Gasteiger partial charge < -0.3 is 9.73 Å². The van der Waals surface area contributed by atoms with E-state index in [1.54, 1.807) is 24.5 Å². The third kappa shape index (κ3) is 3.60.